The highest BCUT2D eigenvalue weighted by Crippen LogP contribution is 2.46. The molecule has 38 heavy (non-hydrogen) atoms. The van der Waals surface area contributed by atoms with Gasteiger partial charge < -0.3 is 10.0 Å². The summed E-state index contributed by atoms with van der Waals surface area (Å²) in [5, 5.41) is 28.4. The molecule has 0 aliphatic heterocycles. The molecule has 3 aromatic rings. The average molecular weight is 589 g/mol. The van der Waals surface area contributed by atoms with Gasteiger partial charge in [-0.15, -0.1) is 53.2 Å². The van der Waals surface area contributed by atoms with Gasteiger partial charge in [0.15, 0.2) is 14.4 Å². The second kappa shape index (κ2) is 10.7. The molecule has 2 bridgehead atoms. The normalized spacial score (nSPS) is 25.3. The number of hydrogen-bond donors (Lipinski definition) is 4. The standard InChI is InChI=1S/C26H29FN6OS4/c27-24-16-3-1-2-14(8-16)9-20(24)33(18-5-6-18)22-13-28-25(32-30-22)19-7-4-15(10-21(19)34)17-11-23(31-29-12-17)38-26(35,36)37/h4,7,10-14,16,18,20,24,34-37H,1-3,5-6,8-9H2/t14-,16+,20+,24-/m1/s1. The average Bonchev–Trinajstić information content (AvgIpc) is 3.72. The summed E-state index contributed by atoms with van der Waals surface area (Å²) >= 11 is 14.1. The third-order valence-electron chi connectivity index (χ3n) is 7.77. The van der Waals surface area contributed by atoms with Gasteiger partial charge in [0.1, 0.15) is 16.9 Å². The molecular weight excluding hydrogens is 560 g/mol. The first kappa shape index (κ1) is 26.5. The van der Waals surface area contributed by atoms with Crippen molar-refractivity contribution in [2.45, 2.75) is 71.0 Å². The van der Waals surface area contributed by atoms with Crippen LogP contribution in [-0.4, -0.2) is 51.5 Å². The van der Waals surface area contributed by atoms with Gasteiger partial charge in [0.05, 0.1) is 24.0 Å². The van der Waals surface area contributed by atoms with Crippen LogP contribution in [0.15, 0.2) is 41.7 Å². The van der Waals surface area contributed by atoms with Crippen molar-refractivity contribution >= 4 is 55.5 Å². The van der Waals surface area contributed by atoms with E-state index >= 15 is 4.39 Å². The van der Waals surface area contributed by atoms with Crippen LogP contribution in [0.25, 0.3) is 22.5 Å². The van der Waals surface area contributed by atoms with E-state index in [0.29, 0.717) is 34.2 Å². The van der Waals surface area contributed by atoms with Crippen LogP contribution in [0.4, 0.5) is 10.2 Å². The van der Waals surface area contributed by atoms with Crippen molar-refractivity contribution < 1.29 is 9.50 Å². The highest BCUT2D eigenvalue weighted by atomic mass is 32.3. The van der Waals surface area contributed by atoms with Crippen molar-refractivity contribution in [3.05, 3.63) is 36.7 Å². The van der Waals surface area contributed by atoms with Crippen LogP contribution in [0.5, 0.6) is 5.75 Å². The molecule has 2 heterocycles. The van der Waals surface area contributed by atoms with E-state index < -0.39 is 8.91 Å². The predicted octanol–water partition coefficient (Wildman–Crippen LogP) is 6.08. The van der Waals surface area contributed by atoms with Gasteiger partial charge in [0.2, 0.25) is 0 Å². The molecule has 0 amide bonds. The summed E-state index contributed by atoms with van der Waals surface area (Å²) in [6, 6.07) is 7.24. The van der Waals surface area contributed by atoms with Crippen LogP contribution in [0.1, 0.15) is 44.9 Å². The fourth-order valence-corrected chi connectivity index (χ4v) is 7.37. The minimum atomic E-state index is -0.897. The molecule has 1 N–H and O–H groups in total. The van der Waals surface area contributed by atoms with E-state index in [1.165, 1.54) is 18.2 Å². The van der Waals surface area contributed by atoms with Crippen LogP contribution in [0.3, 0.4) is 0 Å². The lowest BCUT2D eigenvalue weighted by Crippen LogP contribution is -2.52. The maximum Gasteiger partial charge on any atom is 0.185 e. The van der Waals surface area contributed by atoms with Crippen molar-refractivity contribution in [1.82, 2.24) is 25.4 Å². The fourth-order valence-electron chi connectivity index (χ4n) is 5.98. The van der Waals surface area contributed by atoms with E-state index in [0.717, 1.165) is 49.7 Å². The largest absolute Gasteiger partial charge is 0.507 e. The molecule has 0 spiro atoms. The van der Waals surface area contributed by atoms with Gasteiger partial charge in [-0.3, -0.25) is 0 Å². The van der Waals surface area contributed by atoms with Crippen LogP contribution in [0.2, 0.25) is 0 Å². The van der Waals surface area contributed by atoms with Crippen LogP contribution < -0.4 is 4.90 Å². The number of anilines is 1. The number of alkyl halides is 1. The molecule has 3 aliphatic rings. The summed E-state index contributed by atoms with van der Waals surface area (Å²) in [7, 11) is 0. The first-order valence-electron chi connectivity index (χ1n) is 12.9. The van der Waals surface area contributed by atoms with E-state index in [-0.39, 0.29) is 17.7 Å². The highest BCUT2D eigenvalue weighted by molar-refractivity contribution is 8.36. The molecule has 4 atom stereocenters. The Hall–Kier alpha value is -1.76. The van der Waals surface area contributed by atoms with Gasteiger partial charge in [-0.25, -0.2) is 9.37 Å². The van der Waals surface area contributed by atoms with Crippen LogP contribution >= 0.6 is 49.6 Å². The number of hydrogen-bond acceptors (Lipinski definition) is 11. The van der Waals surface area contributed by atoms with Gasteiger partial charge in [0, 0.05) is 11.6 Å². The Balaban J connectivity index is 1.23. The highest BCUT2D eigenvalue weighted by Gasteiger charge is 2.46. The molecule has 0 saturated heterocycles. The number of benzene rings is 1. The Morgan fingerprint density at radius 3 is 2.53 bits per heavy atom. The minimum absolute atomic E-state index is 0.0259. The summed E-state index contributed by atoms with van der Waals surface area (Å²) in [4.78, 5) is 6.70. The quantitative estimate of drug-likeness (QED) is 0.150. The minimum Gasteiger partial charge on any atom is -0.507 e. The second-order valence-electron chi connectivity index (χ2n) is 10.5. The van der Waals surface area contributed by atoms with Gasteiger partial charge in [0.25, 0.3) is 0 Å². The predicted molar refractivity (Wildman–Crippen MR) is 158 cm³/mol. The maximum atomic E-state index is 15.6. The Morgan fingerprint density at radius 1 is 0.974 bits per heavy atom. The molecule has 200 valence electrons. The van der Waals surface area contributed by atoms with Crippen molar-refractivity contribution in [1.29, 1.82) is 0 Å². The topological polar surface area (TPSA) is 87.9 Å². The molecule has 3 aliphatic carbocycles. The third kappa shape index (κ3) is 5.73. The summed E-state index contributed by atoms with van der Waals surface area (Å²) in [5.74, 6) is 1.73. The van der Waals surface area contributed by atoms with E-state index in [1.54, 1.807) is 24.5 Å². The Morgan fingerprint density at radius 2 is 1.82 bits per heavy atom. The SMILES string of the molecule is Oc1cc(-c2cnnc(SC(S)(S)S)c2)ccc1-c1ncc(N(C2CC2)[C@H]2C[C@@H]3CCC[C@@H](C3)[C@H]2F)nn1. The number of fused-ring (bicyclic) bond motifs is 2. The van der Waals surface area contributed by atoms with E-state index in [9.17, 15) is 5.11 Å². The number of rotatable bonds is 7. The molecule has 6 rings (SSSR count). The first-order chi connectivity index (χ1) is 18.2. The zero-order valence-corrected chi connectivity index (χ0v) is 24.1. The molecule has 0 radical (unpaired) electrons. The van der Waals surface area contributed by atoms with E-state index in [4.69, 9.17) is 0 Å². The number of phenols is 1. The lowest BCUT2D eigenvalue weighted by atomic mass is 9.69. The summed E-state index contributed by atoms with van der Waals surface area (Å²) in [5.41, 5.74) is 2.00. The summed E-state index contributed by atoms with van der Waals surface area (Å²) in [6.07, 6.45) is 9.78. The first-order valence-corrected chi connectivity index (χ1v) is 15.1. The summed E-state index contributed by atoms with van der Waals surface area (Å²) in [6.45, 7) is 0. The number of nitrogens with zero attached hydrogens (tertiary/aromatic N) is 6. The smallest absolute Gasteiger partial charge is 0.185 e. The molecule has 3 saturated carbocycles. The molecular formula is C26H29FN6OS4. The molecule has 12 heteroatoms. The van der Waals surface area contributed by atoms with Gasteiger partial charge >= 0.3 is 0 Å². The zero-order chi connectivity index (χ0) is 26.4. The van der Waals surface area contributed by atoms with E-state index in [1.807, 2.05) is 12.1 Å². The zero-order valence-electron chi connectivity index (χ0n) is 20.6. The summed E-state index contributed by atoms with van der Waals surface area (Å²) < 4.78 is 14.7. The Bertz CT molecular complexity index is 1310. The van der Waals surface area contributed by atoms with Crippen molar-refractivity contribution in [2.75, 3.05) is 4.90 Å². The molecule has 2 aromatic heterocycles. The molecule has 7 nitrogen and oxygen atoms in total. The van der Waals surface area contributed by atoms with Crippen LogP contribution in [0, 0.1) is 11.8 Å². The fraction of sp³-hybridized carbons (Fsp3) is 0.500. The van der Waals surface area contributed by atoms with Crippen molar-refractivity contribution in [3.63, 3.8) is 0 Å². The lowest BCUT2D eigenvalue weighted by molar-refractivity contribution is 0.0631. The monoisotopic (exact) mass is 588 g/mol. The van der Waals surface area contributed by atoms with Gasteiger partial charge in [-0.1, -0.05) is 30.7 Å². The number of halogens is 1. The van der Waals surface area contributed by atoms with E-state index in [2.05, 4.69) is 68.2 Å². The molecule has 3 fully saturated rings. The van der Waals surface area contributed by atoms with Gasteiger partial charge in [-0.2, -0.15) is 5.10 Å². The Kier molecular flexibility index (Phi) is 7.43. The molecule has 1 aromatic carbocycles. The number of aromatic nitrogens is 5. The maximum absolute atomic E-state index is 15.6. The lowest BCUT2D eigenvalue weighted by Gasteiger charge is -2.46. The number of thiol groups is 3. The Labute approximate surface area is 242 Å². The number of phenolic OH excluding ortho intramolecular Hbond substituents is 1. The van der Waals surface area contributed by atoms with Crippen molar-refractivity contribution in [2.24, 2.45) is 11.8 Å². The molecule has 0 unspecified atom stereocenters. The van der Waals surface area contributed by atoms with Crippen LogP contribution in [-0.2, 0) is 0 Å². The second-order valence-corrected chi connectivity index (χ2v) is 15.7. The van der Waals surface area contributed by atoms with Crippen molar-refractivity contribution in [3.8, 4) is 28.3 Å². The third-order valence-corrected chi connectivity index (χ3v) is 9.28. The number of aromatic hydroxyl groups is 1. The number of thioether (sulfide) groups is 1. The van der Waals surface area contributed by atoms with Gasteiger partial charge in [-0.05, 0) is 67.7 Å².